The van der Waals surface area contributed by atoms with Crippen LogP contribution in [0.1, 0.15) is 55.2 Å². The highest BCUT2D eigenvalue weighted by molar-refractivity contribution is 7.92. The van der Waals surface area contributed by atoms with Crippen molar-refractivity contribution in [3.63, 3.8) is 0 Å². The Morgan fingerprint density at radius 3 is 2.06 bits per heavy atom. The zero-order chi connectivity index (χ0) is 23.4. The molecule has 1 N–H and O–H groups in total. The smallest absolute Gasteiger partial charge is 0.245 e. The van der Waals surface area contributed by atoms with Gasteiger partial charge in [-0.25, -0.2) is 8.42 Å². The maximum absolute atomic E-state index is 12.8. The van der Waals surface area contributed by atoms with Crippen LogP contribution in [-0.4, -0.2) is 27.1 Å². The van der Waals surface area contributed by atoms with Crippen LogP contribution in [0, 0.1) is 31.6 Å². The van der Waals surface area contributed by atoms with E-state index in [9.17, 15) is 13.2 Å². The van der Waals surface area contributed by atoms with Gasteiger partial charge >= 0.3 is 0 Å². The number of sulfonamides is 1. The van der Waals surface area contributed by atoms with E-state index in [1.165, 1.54) is 48.4 Å². The van der Waals surface area contributed by atoms with Crippen molar-refractivity contribution in [3.05, 3.63) is 59.2 Å². The van der Waals surface area contributed by atoms with Crippen LogP contribution in [0.25, 0.3) is 0 Å². The maximum Gasteiger partial charge on any atom is 0.245 e. The van der Waals surface area contributed by atoms with Crippen LogP contribution >= 0.6 is 0 Å². The van der Waals surface area contributed by atoms with Gasteiger partial charge in [-0.1, -0.05) is 29.8 Å². The predicted octanol–water partition coefficient (Wildman–Crippen LogP) is 5.18. The second-order valence-electron chi connectivity index (χ2n) is 10.9. The average Bonchev–Trinajstić information content (AvgIpc) is 2.71. The Labute approximate surface area is 197 Å². The number of carbonyl (C=O) groups excluding carboxylic acids is 1. The first-order chi connectivity index (χ1) is 15.6. The molecule has 0 unspecified atom stereocenters. The number of anilines is 2. The van der Waals surface area contributed by atoms with Crippen molar-refractivity contribution in [2.45, 2.75) is 57.8 Å². The van der Waals surface area contributed by atoms with Gasteiger partial charge in [0.15, 0.2) is 0 Å². The molecule has 0 aliphatic heterocycles. The fourth-order valence-corrected chi connectivity index (χ4v) is 8.08. The van der Waals surface area contributed by atoms with Crippen LogP contribution in [0.4, 0.5) is 11.4 Å². The molecule has 4 bridgehead atoms. The van der Waals surface area contributed by atoms with Gasteiger partial charge in [0.25, 0.3) is 0 Å². The summed E-state index contributed by atoms with van der Waals surface area (Å²) in [5.41, 5.74) is 4.86. The predicted molar refractivity (Wildman–Crippen MR) is 133 cm³/mol. The molecule has 4 aliphatic carbocycles. The number of nitrogens with zero attached hydrogens (tertiary/aromatic N) is 1. The van der Waals surface area contributed by atoms with Crippen molar-refractivity contribution in [3.8, 4) is 0 Å². The van der Waals surface area contributed by atoms with Crippen molar-refractivity contribution in [2.75, 3.05) is 22.4 Å². The molecule has 4 aliphatic rings. The largest absolute Gasteiger partial charge is 0.325 e. The molecule has 6 heteroatoms. The van der Waals surface area contributed by atoms with E-state index in [1.807, 2.05) is 38.1 Å². The molecule has 1 amide bonds. The van der Waals surface area contributed by atoms with Crippen LogP contribution in [-0.2, 0) is 20.2 Å². The molecule has 6 rings (SSSR count). The minimum absolute atomic E-state index is 0.251. The van der Waals surface area contributed by atoms with Crippen LogP contribution in [0.2, 0.25) is 0 Å². The first-order valence-electron chi connectivity index (χ1n) is 12.1. The molecule has 2 aromatic rings. The zero-order valence-corrected chi connectivity index (χ0v) is 20.6. The number of nitrogens with one attached hydrogen (secondary N) is 1. The summed E-state index contributed by atoms with van der Waals surface area (Å²) >= 11 is 0. The summed E-state index contributed by atoms with van der Waals surface area (Å²) < 4.78 is 26.1. The quantitative estimate of drug-likeness (QED) is 0.638. The van der Waals surface area contributed by atoms with Gasteiger partial charge in [-0.2, -0.15) is 0 Å². The Balaban J connectivity index is 1.30. The Kier molecular flexibility index (Phi) is 5.55. The lowest BCUT2D eigenvalue weighted by atomic mass is 9.48. The van der Waals surface area contributed by atoms with Crippen molar-refractivity contribution in [1.29, 1.82) is 0 Å². The number of carbonyl (C=O) groups is 1. The Bertz CT molecular complexity index is 1140. The third-order valence-corrected chi connectivity index (χ3v) is 9.25. The van der Waals surface area contributed by atoms with Crippen molar-refractivity contribution in [2.24, 2.45) is 17.8 Å². The minimum atomic E-state index is -3.60. The van der Waals surface area contributed by atoms with Gasteiger partial charge in [-0.3, -0.25) is 9.10 Å². The van der Waals surface area contributed by atoms with Crippen molar-refractivity contribution >= 4 is 27.3 Å². The molecule has 0 atom stereocenters. The molecular weight excluding hydrogens is 432 g/mol. The lowest BCUT2D eigenvalue weighted by Gasteiger charge is -2.57. The second-order valence-corrected chi connectivity index (χ2v) is 12.8. The van der Waals surface area contributed by atoms with Crippen LogP contribution in [0.5, 0.6) is 0 Å². The molecular formula is C27H34N2O3S. The van der Waals surface area contributed by atoms with Gasteiger partial charge < -0.3 is 5.32 Å². The highest BCUT2D eigenvalue weighted by Gasteiger charge is 2.51. The number of benzene rings is 2. The van der Waals surface area contributed by atoms with E-state index in [2.05, 4.69) is 17.4 Å². The highest BCUT2D eigenvalue weighted by Crippen LogP contribution is 2.60. The van der Waals surface area contributed by atoms with Gasteiger partial charge in [0.1, 0.15) is 6.54 Å². The Morgan fingerprint density at radius 1 is 0.970 bits per heavy atom. The Morgan fingerprint density at radius 2 is 1.55 bits per heavy atom. The maximum atomic E-state index is 12.8. The molecule has 176 valence electrons. The fourth-order valence-electron chi connectivity index (χ4n) is 7.17. The number of amides is 1. The zero-order valence-electron chi connectivity index (χ0n) is 19.8. The first-order valence-corrected chi connectivity index (χ1v) is 13.9. The average molecular weight is 467 g/mol. The third kappa shape index (κ3) is 4.42. The first kappa shape index (κ1) is 22.5. The third-order valence-electron chi connectivity index (χ3n) is 8.13. The van der Waals surface area contributed by atoms with E-state index in [4.69, 9.17) is 0 Å². The van der Waals surface area contributed by atoms with Gasteiger partial charge in [0.2, 0.25) is 15.9 Å². The molecule has 0 spiro atoms. The fraction of sp³-hybridized carbons (Fsp3) is 0.519. The molecule has 4 fully saturated rings. The van der Waals surface area contributed by atoms with Crippen LogP contribution in [0.15, 0.2) is 42.5 Å². The summed E-state index contributed by atoms with van der Waals surface area (Å²) in [4.78, 5) is 12.8. The lowest BCUT2D eigenvalue weighted by Crippen LogP contribution is -2.48. The summed E-state index contributed by atoms with van der Waals surface area (Å²) in [6.07, 6.45) is 9.33. The number of hydrogen-bond donors (Lipinski definition) is 1. The number of aryl methyl sites for hydroxylation is 2. The van der Waals surface area contributed by atoms with Gasteiger partial charge in [-0.05, 0) is 105 Å². The van der Waals surface area contributed by atoms with Crippen LogP contribution < -0.4 is 9.62 Å². The molecule has 5 nitrogen and oxygen atoms in total. The van der Waals surface area contributed by atoms with Crippen LogP contribution in [0.3, 0.4) is 0 Å². The van der Waals surface area contributed by atoms with Gasteiger partial charge in [-0.15, -0.1) is 0 Å². The molecule has 0 saturated heterocycles. The van der Waals surface area contributed by atoms with E-state index >= 15 is 0 Å². The molecule has 0 radical (unpaired) electrons. The summed E-state index contributed by atoms with van der Waals surface area (Å²) in [7, 11) is -3.60. The Hall–Kier alpha value is -2.34. The topological polar surface area (TPSA) is 66.5 Å². The number of hydrogen-bond acceptors (Lipinski definition) is 3. The molecule has 0 aromatic heterocycles. The SMILES string of the molecule is Cc1ccc(N(CC(=O)Nc2ccc(C34CC5CC(CC(C5)C3)C4)cc2)S(C)(=O)=O)c(C)c1. The monoisotopic (exact) mass is 466 g/mol. The van der Waals surface area contributed by atoms with E-state index in [0.717, 1.165) is 35.1 Å². The highest BCUT2D eigenvalue weighted by atomic mass is 32.2. The van der Waals surface area contributed by atoms with Gasteiger partial charge in [0, 0.05) is 5.69 Å². The summed E-state index contributed by atoms with van der Waals surface area (Å²) in [5, 5.41) is 2.90. The van der Waals surface area contributed by atoms with E-state index in [0.29, 0.717) is 16.8 Å². The second kappa shape index (κ2) is 8.15. The van der Waals surface area contributed by atoms with Gasteiger partial charge in [0.05, 0.1) is 11.9 Å². The minimum Gasteiger partial charge on any atom is -0.325 e. The molecule has 33 heavy (non-hydrogen) atoms. The number of rotatable bonds is 6. The lowest BCUT2D eigenvalue weighted by molar-refractivity contribution is -0.114. The normalized spacial score (nSPS) is 28.0. The molecule has 0 heterocycles. The molecule has 4 saturated carbocycles. The summed E-state index contributed by atoms with van der Waals surface area (Å²) in [6.45, 7) is 3.57. The summed E-state index contributed by atoms with van der Waals surface area (Å²) in [6, 6.07) is 13.9. The van der Waals surface area contributed by atoms with E-state index in [1.54, 1.807) is 6.07 Å². The summed E-state index contributed by atoms with van der Waals surface area (Å²) in [5.74, 6) is 2.33. The van der Waals surface area contributed by atoms with E-state index < -0.39 is 10.0 Å². The standard InChI is InChI=1S/C27H34N2O3S/c1-18-4-9-25(19(2)10-18)29(33(3,31)32)17-26(30)28-24-7-5-23(6-8-24)27-14-20-11-21(15-27)13-22(12-20)16-27/h4-10,20-22H,11-17H2,1-3H3,(H,28,30). The van der Waals surface area contributed by atoms with Crippen molar-refractivity contribution < 1.29 is 13.2 Å². The molecule has 2 aromatic carbocycles. The van der Waals surface area contributed by atoms with Crippen molar-refractivity contribution in [1.82, 2.24) is 0 Å². The van der Waals surface area contributed by atoms with E-state index in [-0.39, 0.29) is 12.5 Å².